The first-order valence-electron chi connectivity index (χ1n) is 5.71. The van der Waals surface area contributed by atoms with Gasteiger partial charge in [-0.1, -0.05) is 20.8 Å². The number of H-pyrrole nitrogens is 1. The Kier molecular flexibility index (Phi) is 4.40. The number of aromatic amines is 1. The van der Waals surface area contributed by atoms with E-state index >= 15 is 0 Å². The van der Waals surface area contributed by atoms with Gasteiger partial charge in [0.05, 0.1) is 0 Å². The smallest absolute Gasteiger partial charge is 0.153 e. The minimum absolute atomic E-state index is 0.523. The van der Waals surface area contributed by atoms with Crippen molar-refractivity contribution < 1.29 is 0 Å². The third-order valence-corrected chi connectivity index (χ3v) is 2.72. The highest BCUT2D eigenvalue weighted by Gasteiger charge is 2.06. The van der Waals surface area contributed by atoms with Gasteiger partial charge in [0, 0.05) is 18.8 Å². The second-order valence-corrected chi connectivity index (χ2v) is 4.49. The molecule has 0 aliphatic rings. The minimum atomic E-state index is 0.523. The van der Waals surface area contributed by atoms with Crippen LogP contribution in [-0.4, -0.2) is 17.2 Å². The molecular formula is C12H22N4. The van der Waals surface area contributed by atoms with Crippen molar-refractivity contribution in [3.63, 3.8) is 0 Å². The standard InChI is InChI=1S/C12H22N4/c1-8(2)9(3)6-11(13-5)14-12-7-10(4)15-16-12/h6-9,13H,1-5H3,(H2,14,15,16)/b11-6+. The van der Waals surface area contributed by atoms with Crippen molar-refractivity contribution in [1.29, 1.82) is 0 Å². The molecule has 0 amide bonds. The number of nitrogens with zero attached hydrogens (tertiary/aromatic N) is 1. The number of allylic oxidation sites excluding steroid dienone is 1. The highest BCUT2D eigenvalue weighted by Crippen LogP contribution is 2.14. The quantitative estimate of drug-likeness (QED) is 0.717. The van der Waals surface area contributed by atoms with Crippen LogP contribution in [-0.2, 0) is 0 Å². The van der Waals surface area contributed by atoms with Crippen LogP contribution in [0.4, 0.5) is 5.82 Å². The first kappa shape index (κ1) is 12.6. The molecule has 0 fully saturated rings. The lowest BCUT2D eigenvalue weighted by Gasteiger charge is -2.14. The molecule has 0 aliphatic heterocycles. The lowest BCUT2D eigenvalue weighted by Crippen LogP contribution is -2.17. The second kappa shape index (κ2) is 5.58. The molecule has 1 unspecified atom stereocenters. The van der Waals surface area contributed by atoms with E-state index in [-0.39, 0.29) is 0 Å². The van der Waals surface area contributed by atoms with E-state index in [9.17, 15) is 0 Å². The lowest BCUT2D eigenvalue weighted by atomic mass is 9.98. The predicted molar refractivity (Wildman–Crippen MR) is 68.1 cm³/mol. The van der Waals surface area contributed by atoms with E-state index in [0.717, 1.165) is 17.3 Å². The molecule has 1 aromatic rings. The monoisotopic (exact) mass is 222 g/mol. The fourth-order valence-electron chi connectivity index (χ4n) is 1.26. The highest BCUT2D eigenvalue weighted by atomic mass is 15.2. The molecule has 1 aromatic heterocycles. The molecule has 16 heavy (non-hydrogen) atoms. The zero-order valence-electron chi connectivity index (χ0n) is 10.8. The van der Waals surface area contributed by atoms with Crippen molar-refractivity contribution in [3.05, 3.63) is 23.7 Å². The largest absolute Gasteiger partial charge is 0.375 e. The van der Waals surface area contributed by atoms with E-state index in [1.807, 2.05) is 20.0 Å². The van der Waals surface area contributed by atoms with Gasteiger partial charge in [0.2, 0.25) is 0 Å². The summed E-state index contributed by atoms with van der Waals surface area (Å²) in [6.45, 7) is 8.62. The van der Waals surface area contributed by atoms with Crippen LogP contribution in [0.1, 0.15) is 26.5 Å². The van der Waals surface area contributed by atoms with Gasteiger partial charge in [-0.05, 0) is 24.8 Å². The van der Waals surface area contributed by atoms with Gasteiger partial charge >= 0.3 is 0 Å². The van der Waals surface area contributed by atoms with Crippen LogP contribution in [0.2, 0.25) is 0 Å². The normalized spacial score (nSPS) is 14.0. The van der Waals surface area contributed by atoms with E-state index in [0.29, 0.717) is 11.8 Å². The van der Waals surface area contributed by atoms with Gasteiger partial charge < -0.3 is 10.6 Å². The molecule has 3 N–H and O–H groups in total. The van der Waals surface area contributed by atoms with Gasteiger partial charge in [0.15, 0.2) is 5.82 Å². The number of rotatable bonds is 5. The van der Waals surface area contributed by atoms with Crippen LogP contribution in [0.15, 0.2) is 18.0 Å². The summed E-state index contributed by atoms with van der Waals surface area (Å²) in [5.74, 6) is 2.99. The van der Waals surface area contributed by atoms with Crippen molar-refractivity contribution in [1.82, 2.24) is 15.5 Å². The van der Waals surface area contributed by atoms with Gasteiger partial charge in [-0.25, -0.2) is 0 Å². The summed E-state index contributed by atoms with van der Waals surface area (Å²) < 4.78 is 0. The van der Waals surface area contributed by atoms with Crippen LogP contribution < -0.4 is 10.6 Å². The Balaban J connectivity index is 2.68. The van der Waals surface area contributed by atoms with E-state index in [4.69, 9.17) is 0 Å². The molecule has 0 spiro atoms. The molecule has 0 saturated heterocycles. The summed E-state index contributed by atoms with van der Waals surface area (Å²) in [5, 5.41) is 13.4. The molecule has 0 aromatic carbocycles. The summed E-state index contributed by atoms with van der Waals surface area (Å²) in [6, 6.07) is 1.98. The maximum absolute atomic E-state index is 4.14. The maximum atomic E-state index is 4.14. The van der Waals surface area contributed by atoms with Crippen molar-refractivity contribution in [2.45, 2.75) is 27.7 Å². The summed E-state index contributed by atoms with van der Waals surface area (Å²) in [7, 11) is 1.91. The van der Waals surface area contributed by atoms with E-state index in [2.05, 4.69) is 47.7 Å². The fourth-order valence-corrected chi connectivity index (χ4v) is 1.26. The molecule has 90 valence electrons. The Labute approximate surface area is 97.5 Å². The molecule has 1 rings (SSSR count). The summed E-state index contributed by atoms with van der Waals surface area (Å²) in [5.41, 5.74) is 1.05. The maximum Gasteiger partial charge on any atom is 0.153 e. The van der Waals surface area contributed by atoms with Gasteiger partial charge in [0.1, 0.15) is 5.82 Å². The number of nitrogens with one attached hydrogen (secondary N) is 3. The van der Waals surface area contributed by atoms with Crippen LogP contribution >= 0.6 is 0 Å². The summed E-state index contributed by atoms with van der Waals surface area (Å²) >= 11 is 0. The van der Waals surface area contributed by atoms with E-state index < -0.39 is 0 Å². The molecule has 0 aliphatic carbocycles. The average molecular weight is 222 g/mol. The van der Waals surface area contributed by atoms with Gasteiger partial charge in [-0.2, -0.15) is 5.10 Å². The summed E-state index contributed by atoms with van der Waals surface area (Å²) in [4.78, 5) is 0. The van der Waals surface area contributed by atoms with Crippen LogP contribution in [0, 0.1) is 18.8 Å². The van der Waals surface area contributed by atoms with Crippen LogP contribution in [0.25, 0.3) is 0 Å². The van der Waals surface area contributed by atoms with Crippen molar-refractivity contribution >= 4 is 5.82 Å². The molecule has 0 radical (unpaired) electrons. The van der Waals surface area contributed by atoms with Gasteiger partial charge in [0.25, 0.3) is 0 Å². The first-order chi connectivity index (χ1) is 7.52. The Morgan fingerprint density at radius 2 is 2.12 bits per heavy atom. The Morgan fingerprint density at radius 1 is 1.44 bits per heavy atom. The van der Waals surface area contributed by atoms with Crippen LogP contribution in [0.5, 0.6) is 0 Å². The molecule has 0 bridgehead atoms. The molecular weight excluding hydrogens is 200 g/mol. The zero-order chi connectivity index (χ0) is 12.1. The Hall–Kier alpha value is -1.45. The number of anilines is 1. The van der Waals surface area contributed by atoms with Crippen molar-refractivity contribution in [2.75, 3.05) is 12.4 Å². The third-order valence-electron chi connectivity index (χ3n) is 2.72. The first-order valence-corrected chi connectivity index (χ1v) is 5.71. The van der Waals surface area contributed by atoms with Gasteiger partial charge in [-0.15, -0.1) is 0 Å². The molecule has 4 heteroatoms. The fraction of sp³-hybridized carbons (Fsp3) is 0.583. The number of aryl methyl sites for hydroxylation is 1. The number of aromatic nitrogens is 2. The van der Waals surface area contributed by atoms with Crippen molar-refractivity contribution in [3.8, 4) is 0 Å². The predicted octanol–water partition coefficient (Wildman–Crippen LogP) is 2.48. The number of hydrogen-bond acceptors (Lipinski definition) is 3. The van der Waals surface area contributed by atoms with E-state index in [1.54, 1.807) is 0 Å². The lowest BCUT2D eigenvalue weighted by molar-refractivity contribution is 0.500. The molecule has 0 saturated carbocycles. The molecule has 4 nitrogen and oxygen atoms in total. The van der Waals surface area contributed by atoms with Crippen molar-refractivity contribution in [2.24, 2.45) is 11.8 Å². The SMILES string of the molecule is CN/C(=C\C(C)C(C)C)Nc1cc(C)[nH]n1. The Morgan fingerprint density at radius 3 is 2.56 bits per heavy atom. The molecule has 1 heterocycles. The third kappa shape index (κ3) is 3.61. The van der Waals surface area contributed by atoms with E-state index in [1.165, 1.54) is 0 Å². The topological polar surface area (TPSA) is 52.7 Å². The highest BCUT2D eigenvalue weighted by molar-refractivity contribution is 5.41. The van der Waals surface area contributed by atoms with Gasteiger partial charge in [-0.3, -0.25) is 5.10 Å². The minimum Gasteiger partial charge on any atom is -0.375 e. The second-order valence-electron chi connectivity index (χ2n) is 4.49. The average Bonchev–Trinajstić information content (AvgIpc) is 2.62. The zero-order valence-corrected chi connectivity index (χ0v) is 10.8. The van der Waals surface area contributed by atoms with Crippen LogP contribution in [0.3, 0.4) is 0 Å². The molecule has 1 atom stereocenters. The summed E-state index contributed by atoms with van der Waals surface area (Å²) in [6.07, 6.45) is 2.19. The Bertz CT molecular complexity index is 352. The number of hydrogen-bond donors (Lipinski definition) is 3.